The molecular formula is C9H16N4. The molecule has 2 N–H and O–H groups in total. The first kappa shape index (κ1) is 8.72. The maximum Gasteiger partial charge on any atom is 0.0535 e. The summed E-state index contributed by atoms with van der Waals surface area (Å²) in [5, 5.41) is 10.2. The van der Waals surface area contributed by atoms with Gasteiger partial charge in [-0.15, -0.1) is 0 Å². The molecule has 0 saturated carbocycles. The molecule has 0 aliphatic carbocycles. The van der Waals surface area contributed by atoms with Gasteiger partial charge in [-0.1, -0.05) is 0 Å². The predicted molar refractivity (Wildman–Crippen MR) is 51.4 cm³/mol. The first-order valence-electron chi connectivity index (χ1n) is 4.67. The maximum atomic E-state index is 4.01. The highest BCUT2D eigenvalue weighted by molar-refractivity contribution is 5.14. The van der Waals surface area contributed by atoms with Gasteiger partial charge in [0.2, 0.25) is 0 Å². The van der Waals surface area contributed by atoms with Gasteiger partial charge in [0.15, 0.2) is 0 Å². The lowest BCUT2D eigenvalue weighted by atomic mass is 10.1. The van der Waals surface area contributed by atoms with Crippen LogP contribution in [0.15, 0.2) is 6.20 Å². The fourth-order valence-electron chi connectivity index (χ4n) is 1.52. The molecule has 2 heterocycles. The Kier molecular flexibility index (Phi) is 2.33. The number of rotatable bonds is 3. The standard InChI is InChI=1S/C9H16N4/c1-7-8(3-11-12-7)6-13(2)9-4-10-5-9/h3,9-10H,4-6H2,1-2H3,(H,11,12). The zero-order valence-corrected chi connectivity index (χ0v) is 8.17. The van der Waals surface area contributed by atoms with E-state index in [0.29, 0.717) is 6.04 Å². The normalized spacial score (nSPS) is 17.8. The van der Waals surface area contributed by atoms with Gasteiger partial charge in [0, 0.05) is 36.9 Å². The molecule has 4 nitrogen and oxygen atoms in total. The number of aryl methyl sites for hydroxylation is 1. The Hall–Kier alpha value is -0.870. The van der Waals surface area contributed by atoms with Crippen LogP contribution in [-0.4, -0.2) is 41.3 Å². The Labute approximate surface area is 78.3 Å². The lowest BCUT2D eigenvalue weighted by molar-refractivity contribution is 0.173. The summed E-state index contributed by atoms with van der Waals surface area (Å²) in [5.41, 5.74) is 2.48. The van der Waals surface area contributed by atoms with Crippen LogP contribution in [0, 0.1) is 6.92 Å². The average molecular weight is 180 g/mol. The van der Waals surface area contributed by atoms with E-state index in [-0.39, 0.29) is 0 Å². The highest BCUT2D eigenvalue weighted by atomic mass is 15.2. The van der Waals surface area contributed by atoms with E-state index in [9.17, 15) is 0 Å². The van der Waals surface area contributed by atoms with Crippen LogP contribution in [0.5, 0.6) is 0 Å². The van der Waals surface area contributed by atoms with Crippen LogP contribution < -0.4 is 5.32 Å². The molecular weight excluding hydrogens is 164 g/mol. The minimum Gasteiger partial charge on any atom is -0.314 e. The van der Waals surface area contributed by atoms with Crippen molar-refractivity contribution < 1.29 is 0 Å². The summed E-state index contributed by atoms with van der Waals surface area (Å²) in [4.78, 5) is 2.37. The van der Waals surface area contributed by atoms with Crippen molar-refractivity contribution in [2.45, 2.75) is 19.5 Å². The Morgan fingerprint density at radius 1 is 1.62 bits per heavy atom. The van der Waals surface area contributed by atoms with Gasteiger partial charge in [-0.25, -0.2) is 0 Å². The predicted octanol–water partition coefficient (Wildman–Crippen LogP) is 0.122. The molecule has 2 rings (SSSR count). The van der Waals surface area contributed by atoms with Gasteiger partial charge in [0.25, 0.3) is 0 Å². The van der Waals surface area contributed by atoms with Crippen LogP contribution in [0.1, 0.15) is 11.3 Å². The van der Waals surface area contributed by atoms with E-state index in [1.165, 1.54) is 11.3 Å². The average Bonchev–Trinajstić information content (AvgIpc) is 2.32. The summed E-state index contributed by atoms with van der Waals surface area (Å²) in [6.07, 6.45) is 1.91. The zero-order valence-electron chi connectivity index (χ0n) is 8.17. The van der Waals surface area contributed by atoms with Gasteiger partial charge in [-0.2, -0.15) is 5.10 Å². The fourth-order valence-corrected chi connectivity index (χ4v) is 1.52. The van der Waals surface area contributed by atoms with Gasteiger partial charge >= 0.3 is 0 Å². The van der Waals surface area contributed by atoms with Crippen LogP contribution >= 0.6 is 0 Å². The zero-order chi connectivity index (χ0) is 9.26. The fraction of sp³-hybridized carbons (Fsp3) is 0.667. The van der Waals surface area contributed by atoms with Crippen LogP contribution in [0.25, 0.3) is 0 Å². The highest BCUT2D eigenvalue weighted by Crippen LogP contribution is 2.10. The summed E-state index contributed by atoms with van der Waals surface area (Å²) in [5.74, 6) is 0. The first-order valence-corrected chi connectivity index (χ1v) is 4.67. The summed E-state index contributed by atoms with van der Waals surface area (Å²) < 4.78 is 0. The molecule has 1 aromatic rings. The van der Waals surface area contributed by atoms with E-state index in [0.717, 1.165) is 19.6 Å². The molecule has 1 aliphatic heterocycles. The molecule has 0 atom stereocenters. The number of hydrogen-bond donors (Lipinski definition) is 2. The highest BCUT2D eigenvalue weighted by Gasteiger charge is 2.21. The lowest BCUT2D eigenvalue weighted by Gasteiger charge is -2.35. The van der Waals surface area contributed by atoms with Crippen LogP contribution in [0.3, 0.4) is 0 Å². The van der Waals surface area contributed by atoms with Crippen molar-refractivity contribution in [3.63, 3.8) is 0 Å². The van der Waals surface area contributed by atoms with E-state index >= 15 is 0 Å². The largest absolute Gasteiger partial charge is 0.314 e. The molecule has 1 fully saturated rings. The molecule has 1 saturated heterocycles. The van der Waals surface area contributed by atoms with Gasteiger partial charge in [-0.3, -0.25) is 10.00 Å². The third-order valence-corrected chi connectivity index (χ3v) is 2.74. The molecule has 1 aromatic heterocycles. The Bertz CT molecular complexity index is 277. The number of aromatic nitrogens is 2. The van der Waals surface area contributed by atoms with Crippen molar-refractivity contribution in [2.75, 3.05) is 20.1 Å². The number of nitrogens with one attached hydrogen (secondary N) is 2. The molecule has 0 aromatic carbocycles. The van der Waals surface area contributed by atoms with Crippen molar-refractivity contribution >= 4 is 0 Å². The van der Waals surface area contributed by atoms with E-state index in [1.807, 2.05) is 6.20 Å². The van der Waals surface area contributed by atoms with Gasteiger partial charge in [0.05, 0.1) is 6.20 Å². The van der Waals surface area contributed by atoms with Crippen molar-refractivity contribution in [3.05, 3.63) is 17.5 Å². The summed E-state index contributed by atoms with van der Waals surface area (Å²) in [6.45, 7) is 5.30. The van der Waals surface area contributed by atoms with Crippen LogP contribution in [-0.2, 0) is 6.54 Å². The molecule has 13 heavy (non-hydrogen) atoms. The van der Waals surface area contributed by atoms with Crippen LogP contribution in [0.2, 0.25) is 0 Å². The molecule has 1 aliphatic rings. The topological polar surface area (TPSA) is 44.0 Å². The third-order valence-electron chi connectivity index (χ3n) is 2.74. The summed E-state index contributed by atoms with van der Waals surface area (Å²) in [7, 11) is 2.16. The number of hydrogen-bond acceptors (Lipinski definition) is 3. The number of likely N-dealkylation sites (N-methyl/N-ethyl adjacent to an activating group) is 1. The number of nitrogens with zero attached hydrogens (tertiary/aromatic N) is 2. The molecule has 0 spiro atoms. The van der Waals surface area contributed by atoms with E-state index < -0.39 is 0 Å². The molecule has 72 valence electrons. The van der Waals surface area contributed by atoms with E-state index in [1.54, 1.807) is 0 Å². The maximum absolute atomic E-state index is 4.01. The van der Waals surface area contributed by atoms with Crippen molar-refractivity contribution in [2.24, 2.45) is 0 Å². The molecule has 0 amide bonds. The van der Waals surface area contributed by atoms with Gasteiger partial charge in [-0.05, 0) is 14.0 Å². The lowest BCUT2D eigenvalue weighted by Crippen LogP contribution is -2.55. The Balaban J connectivity index is 1.93. The quantitative estimate of drug-likeness (QED) is 0.694. The second kappa shape index (κ2) is 3.47. The first-order chi connectivity index (χ1) is 6.27. The Morgan fingerprint density at radius 2 is 2.38 bits per heavy atom. The Morgan fingerprint density at radius 3 is 2.85 bits per heavy atom. The molecule has 4 heteroatoms. The van der Waals surface area contributed by atoms with Crippen LogP contribution in [0.4, 0.5) is 0 Å². The summed E-state index contributed by atoms with van der Waals surface area (Å²) in [6, 6.07) is 0.703. The third kappa shape index (κ3) is 1.73. The SMILES string of the molecule is Cc1[nH]ncc1CN(C)C1CNC1. The molecule has 0 radical (unpaired) electrons. The van der Waals surface area contributed by atoms with Crippen molar-refractivity contribution in [1.82, 2.24) is 20.4 Å². The minimum absolute atomic E-state index is 0.703. The minimum atomic E-state index is 0.703. The number of H-pyrrole nitrogens is 1. The number of aromatic amines is 1. The molecule has 0 unspecified atom stereocenters. The van der Waals surface area contributed by atoms with Gasteiger partial charge < -0.3 is 5.32 Å². The van der Waals surface area contributed by atoms with E-state index in [2.05, 4.69) is 34.4 Å². The van der Waals surface area contributed by atoms with Crippen molar-refractivity contribution in [1.29, 1.82) is 0 Å². The molecule has 0 bridgehead atoms. The second-order valence-electron chi connectivity index (χ2n) is 3.75. The smallest absolute Gasteiger partial charge is 0.0535 e. The summed E-state index contributed by atoms with van der Waals surface area (Å²) >= 11 is 0. The monoisotopic (exact) mass is 180 g/mol. The van der Waals surface area contributed by atoms with Crippen molar-refractivity contribution in [3.8, 4) is 0 Å². The van der Waals surface area contributed by atoms with Gasteiger partial charge in [0.1, 0.15) is 0 Å². The van der Waals surface area contributed by atoms with E-state index in [4.69, 9.17) is 0 Å². The second-order valence-corrected chi connectivity index (χ2v) is 3.75.